The molecule has 0 spiro atoms. The van der Waals surface area contributed by atoms with Crippen LogP contribution in [-0.4, -0.2) is 35.0 Å². The van der Waals surface area contributed by atoms with E-state index in [1.165, 1.54) is 0 Å². The number of rotatable bonds is 7. The normalized spacial score (nSPS) is 14.6. The van der Waals surface area contributed by atoms with Gasteiger partial charge in [0.15, 0.2) is 0 Å². The van der Waals surface area contributed by atoms with Crippen LogP contribution in [0.4, 0.5) is 0 Å². The number of nitrogens with zero attached hydrogens (tertiary/aromatic N) is 1. The number of amides is 2. The molecule has 1 unspecified atom stereocenters. The van der Waals surface area contributed by atoms with Crippen LogP contribution >= 0.6 is 0 Å². The van der Waals surface area contributed by atoms with Gasteiger partial charge in [-0.25, -0.2) is 4.79 Å². The van der Waals surface area contributed by atoms with E-state index in [-0.39, 0.29) is 24.2 Å². The molecule has 2 amide bonds. The Balaban J connectivity index is 1.92. The fraction of sp³-hybridized carbons (Fsp3) is 0.273. The zero-order chi connectivity index (χ0) is 20.3. The molecule has 0 N–H and O–H groups in total. The lowest BCUT2D eigenvalue weighted by Gasteiger charge is -2.36. The van der Waals surface area contributed by atoms with E-state index in [2.05, 4.69) is 0 Å². The number of esters is 1. The number of ether oxygens (including phenoxy) is 1. The minimum atomic E-state index is -1.21. The molecular formula is C22H21NO5. The number of hydrogen-bond donors (Lipinski definition) is 0. The Hall–Kier alpha value is -3.28. The Morgan fingerprint density at radius 3 is 2.07 bits per heavy atom. The zero-order valence-electron chi connectivity index (χ0n) is 15.8. The number of imide groups is 1. The quantitative estimate of drug-likeness (QED) is 0.420. The number of carbonyl (C=O) groups excluding carboxylic acids is 4. The Bertz CT molecular complexity index is 885. The molecule has 0 aliphatic carbocycles. The molecule has 2 aromatic rings. The molecule has 1 heterocycles. The largest absolute Gasteiger partial charge is 0.459 e. The lowest BCUT2D eigenvalue weighted by Crippen LogP contribution is -2.53. The molecule has 0 aromatic heterocycles. The Morgan fingerprint density at radius 2 is 1.54 bits per heavy atom. The number of carbonyl (C=O) groups is 4. The van der Waals surface area contributed by atoms with Crippen LogP contribution < -0.4 is 0 Å². The molecule has 0 radical (unpaired) electrons. The standard InChI is InChI=1S/C22H21NO5/c1-22(2,12-13-24)18(21(27)28-14-15-8-4-3-5-9-15)23-19(25)16-10-6-7-11-17(16)20(23)26/h3-11,13,18H,12,14H2,1-2H3. The van der Waals surface area contributed by atoms with Gasteiger partial charge < -0.3 is 9.53 Å². The van der Waals surface area contributed by atoms with E-state index in [4.69, 9.17) is 4.74 Å². The van der Waals surface area contributed by atoms with Crippen molar-refractivity contribution in [1.82, 2.24) is 4.90 Å². The van der Waals surface area contributed by atoms with Crippen molar-refractivity contribution in [3.05, 3.63) is 71.3 Å². The van der Waals surface area contributed by atoms with Crippen LogP contribution in [0, 0.1) is 5.41 Å². The molecule has 144 valence electrons. The summed E-state index contributed by atoms with van der Waals surface area (Å²) in [5.41, 5.74) is 0.291. The summed E-state index contributed by atoms with van der Waals surface area (Å²) in [5.74, 6) is -1.83. The van der Waals surface area contributed by atoms with Gasteiger partial charge in [-0.2, -0.15) is 0 Å². The summed E-state index contributed by atoms with van der Waals surface area (Å²) in [4.78, 5) is 50.9. The second-order valence-electron chi connectivity index (χ2n) is 7.38. The van der Waals surface area contributed by atoms with Crippen molar-refractivity contribution in [2.45, 2.75) is 32.9 Å². The van der Waals surface area contributed by atoms with Gasteiger partial charge in [-0.05, 0) is 17.7 Å². The summed E-state index contributed by atoms with van der Waals surface area (Å²) >= 11 is 0. The molecule has 6 heteroatoms. The van der Waals surface area contributed by atoms with Gasteiger partial charge in [0.1, 0.15) is 18.9 Å². The highest BCUT2D eigenvalue weighted by Gasteiger charge is 2.49. The monoisotopic (exact) mass is 379 g/mol. The first kappa shape index (κ1) is 19.5. The van der Waals surface area contributed by atoms with Crippen LogP contribution in [0.25, 0.3) is 0 Å². The smallest absolute Gasteiger partial charge is 0.330 e. The van der Waals surface area contributed by atoms with E-state index >= 15 is 0 Å². The second-order valence-corrected chi connectivity index (χ2v) is 7.38. The van der Waals surface area contributed by atoms with Gasteiger partial charge in [-0.1, -0.05) is 56.3 Å². The molecule has 0 fully saturated rings. The molecule has 28 heavy (non-hydrogen) atoms. The number of hydrogen-bond acceptors (Lipinski definition) is 5. The first-order valence-corrected chi connectivity index (χ1v) is 8.98. The van der Waals surface area contributed by atoms with Gasteiger partial charge in [0, 0.05) is 11.8 Å². The van der Waals surface area contributed by atoms with Crippen molar-refractivity contribution in [2.24, 2.45) is 5.41 Å². The predicted molar refractivity (Wildman–Crippen MR) is 101 cm³/mol. The van der Waals surface area contributed by atoms with Crippen LogP contribution in [0.5, 0.6) is 0 Å². The zero-order valence-corrected chi connectivity index (χ0v) is 15.8. The SMILES string of the molecule is CC(C)(CC=O)C(C(=O)OCc1ccccc1)N1C(=O)c2ccccc2C1=O. The van der Waals surface area contributed by atoms with Crippen LogP contribution in [0.15, 0.2) is 54.6 Å². The molecule has 0 saturated carbocycles. The van der Waals surface area contributed by atoms with E-state index < -0.39 is 29.2 Å². The van der Waals surface area contributed by atoms with E-state index in [1.54, 1.807) is 50.2 Å². The van der Waals surface area contributed by atoms with Gasteiger partial charge in [-0.3, -0.25) is 14.5 Å². The molecule has 1 atom stereocenters. The molecule has 1 aliphatic rings. The number of aldehydes is 1. The van der Waals surface area contributed by atoms with Gasteiger partial charge in [0.2, 0.25) is 0 Å². The Labute approximate surface area is 163 Å². The molecule has 2 aromatic carbocycles. The maximum Gasteiger partial charge on any atom is 0.330 e. The number of benzene rings is 2. The molecule has 3 rings (SSSR count). The van der Waals surface area contributed by atoms with E-state index in [1.807, 2.05) is 18.2 Å². The summed E-state index contributed by atoms with van der Waals surface area (Å²) in [7, 11) is 0. The maximum absolute atomic E-state index is 13.0. The first-order valence-electron chi connectivity index (χ1n) is 8.98. The van der Waals surface area contributed by atoms with E-state index in [9.17, 15) is 19.2 Å². The fourth-order valence-corrected chi connectivity index (χ4v) is 3.35. The summed E-state index contributed by atoms with van der Waals surface area (Å²) in [6.07, 6.45) is 0.668. The summed E-state index contributed by atoms with van der Waals surface area (Å²) < 4.78 is 5.43. The highest BCUT2D eigenvalue weighted by Crippen LogP contribution is 2.35. The Morgan fingerprint density at radius 1 is 1.00 bits per heavy atom. The third-order valence-electron chi connectivity index (χ3n) is 4.88. The average Bonchev–Trinajstić information content (AvgIpc) is 2.93. The van der Waals surface area contributed by atoms with Gasteiger partial charge >= 0.3 is 5.97 Å². The van der Waals surface area contributed by atoms with E-state index in [0.29, 0.717) is 6.29 Å². The lowest BCUT2D eigenvalue weighted by molar-refractivity contribution is -0.154. The molecule has 1 aliphatic heterocycles. The van der Waals surface area contributed by atoms with Gasteiger partial charge in [-0.15, -0.1) is 0 Å². The van der Waals surface area contributed by atoms with Crippen molar-refractivity contribution in [3.8, 4) is 0 Å². The van der Waals surface area contributed by atoms with Gasteiger partial charge in [0.05, 0.1) is 11.1 Å². The van der Waals surface area contributed by atoms with Crippen LogP contribution in [-0.2, 0) is 20.9 Å². The molecule has 0 saturated heterocycles. The van der Waals surface area contributed by atoms with Crippen molar-refractivity contribution >= 4 is 24.1 Å². The third kappa shape index (κ3) is 3.58. The third-order valence-corrected chi connectivity index (χ3v) is 4.88. The van der Waals surface area contributed by atoms with Crippen molar-refractivity contribution < 1.29 is 23.9 Å². The van der Waals surface area contributed by atoms with Crippen LogP contribution in [0.1, 0.15) is 46.5 Å². The van der Waals surface area contributed by atoms with Crippen molar-refractivity contribution in [2.75, 3.05) is 0 Å². The lowest BCUT2D eigenvalue weighted by atomic mass is 9.80. The van der Waals surface area contributed by atoms with E-state index in [0.717, 1.165) is 10.5 Å². The minimum Gasteiger partial charge on any atom is -0.459 e. The summed E-state index contributed by atoms with van der Waals surface area (Å²) in [5, 5.41) is 0. The minimum absolute atomic E-state index is 0.00842. The van der Waals surface area contributed by atoms with Crippen molar-refractivity contribution in [1.29, 1.82) is 0 Å². The van der Waals surface area contributed by atoms with Crippen LogP contribution in [0.3, 0.4) is 0 Å². The van der Waals surface area contributed by atoms with Crippen LogP contribution in [0.2, 0.25) is 0 Å². The topological polar surface area (TPSA) is 80.8 Å². The molecule has 6 nitrogen and oxygen atoms in total. The number of fused-ring (bicyclic) bond motifs is 1. The summed E-state index contributed by atoms with van der Waals surface area (Å²) in [6.45, 7) is 3.34. The average molecular weight is 379 g/mol. The molecular weight excluding hydrogens is 358 g/mol. The second kappa shape index (κ2) is 7.76. The highest BCUT2D eigenvalue weighted by atomic mass is 16.5. The summed E-state index contributed by atoms with van der Waals surface area (Å²) in [6, 6.07) is 14.3. The highest BCUT2D eigenvalue weighted by molar-refractivity contribution is 6.22. The van der Waals surface area contributed by atoms with Gasteiger partial charge in [0.25, 0.3) is 11.8 Å². The van der Waals surface area contributed by atoms with Crippen molar-refractivity contribution in [3.63, 3.8) is 0 Å². The maximum atomic E-state index is 13.0. The molecule has 0 bridgehead atoms. The fourth-order valence-electron chi connectivity index (χ4n) is 3.35. The Kier molecular flexibility index (Phi) is 5.40. The first-order chi connectivity index (χ1) is 13.4. The predicted octanol–water partition coefficient (Wildman–Crippen LogP) is 3.01.